The summed E-state index contributed by atoms with van der Waals surface area (Å²) in [5.74, 6) is -0.353. The van der Waals surface area contributed by atoms with Gasteiger partial charge in [0.1, 0.15) is 6.04 Å². The average Bonchev–Trinajstić information content (AvgIpc) is 2.71. The second-order valence-electron chi connectivity index (χ2n) is 6.68. The summed E-state index contributed by atoms with van der Waals surface area (Å²) in [5, 5.41) is 1.10. The molecule has 3 nitrogen and oxygen atoms in total. The molecular weight excluding hydrogens is 305 g/mol. The normalized spacial score (nSPS) is 19.6. The molecule has 1 aromatic carbocycles. The number of hydrogen-bond acceptors (Lipinski definition) is 2. The Labute approximate surface area is 134 Å². The van der Waals surface area contributed by atoms with Gasteiger partial charge >= 0.3 is 6.18 Å². The summed E-state index contributed by atoms with van der Waals surface area (Å²) in [6, 6.07) is 8.09. The zero-order valence-electron chi connectivity index (χ0n) is 13.5. The summed E-state index contributed by atoms with van der Waals surface area (Å²) in [4.78, 5) is 11.5. The second kappa shape index (κ2) is 6.91. The number of halogens is 3. The molecule has 0 bridgehead atoms. The van der Waals surface area contributed by atoms with Crippen molar-refractivity contribution in [2.75, 3.05) is 0 Å². The van der Waals surface area contributed by atoms with E-state index in [0.717, 1.165) is 17.0 Å². The van der Waals surface area contributed by atoms with Crippen LogP contribution in [0.1, 0.15) is 45.1 Å². The Bertz CT molecular complexity index is 528. The number of nitrogens with one attached hydrogen (secondary N) is 1. The van der Waals surface area contributed by atoms with Crippen LogP contribution in [0, 0.1) is 0 Å². The highest BCUT2D eigenvalue weighted by Gasteiger charge is 2.51. The molecule has 1 fully saturated rings. The van der Waals surface area contributed by atoms with Gasteiger partial charge in [-0.25, -0.2) is 5.01 Å². The molecule has 1 N–H and O–H groups in total. The number of aryl methyl sites for hydroxylation is 1. The van der Waals surface area contributed by atoms with Gasteiger partial charge in [-0.2, -0.15) is 13.2 Å². The van der Waals surface area contributed by atoms with Crippen molar-refractivity contribution in [2.24, 2.45) is 0 Å². The van der Waals surface area contributed by atoms with Gasteiger partial charge in [0.15, 0.2) is 0 Å². The van der Waals surface area contributed by atoms with E-state index in [1.54, 1.807) is 13.8 Å². The summed E-state index contributed by atoms with van der Waals surface area (Å²) < 4.78 is 40.2. The third-order valence-corrected chi connectivity index (χ3v) is 4.22. The second-order valence-corrected chi connectivity index (χ2v) is 6.68. The van der Waals surface area contributed by atoms with Gasteiger partial charge in [-0.05, 0) is 38.7 Å². The van der Waals surface area contributed by atoms with E-state index in [9.17, 15) is 18.0 Å². The third-order valence-electron chi connectivity index (χ3n) is 4.22. The van der Waals surface area contributed by atoms with Crippen LogP contribution in [0.3, 0.4) is 0 Å². The molecule has 1 aliphatic heterocycles. The Morgan fingerprint density at radius 1 is 1.22 bits per heavy atom. The number of unbranched alkanes of at least 4 members (excludes halogenated alkanes) is 1. The molecule has 0 radical (unpaired) electrons. The highest BCUT2D eigenvalue weighted by molar-refractivity contribution is 5.78. The topological polar surface area (TPSA) is 32.3 Å². The Kier molecular flexibility index (Phi) is 5.34. The molecule has 2 rings (SSSR count). The number of amides is 1. The predicted molar refractivity (Wildman–Crippen MR) is 82.5 cm³/mol. The number of alkyl halides is 3. The molecule has 0 spiro atoms. The number of carbonyl (C=O) groups excluding carboxylic acids is 1. The standard InChI is InChI=1S/C17H23F3N2O/c1-16(2)12-15(23)21-22(16)14(17(18,19)20)11-7-6-10-13-8-4-3-5-9-13/h3-5,8-9,14H,6-7,10-12H2,1-2H3,(H,21,23). The lowest BCUT2D eigenvalue weighted by molar-refractivity contribution is -0.202. The van der Waals surface area contributed by atoms with Crippen molar-refractivity contribution < 1.29 is 18.0 Å². The van der Waals surface area contributed by atoms with E-state index in [2.05, 4.69) is 5.43 Å². The third kappa shape index (κ3) is 4.70. The summed E-state index contributed by atoms with van der Waals surface area (Å²) >= 11 is 0. The van der Waals surface area contributed by atoms with Crippen LogP contribution >= 0.6 is 0 Å². The largest absolute Gasteiger partial charge is 0.405 e. The van der Waals surface area contributed by atoms with E-state index in [1.807, 2.05) is 30.3 Å². The maximum Gasteiger partial charge on any atom is 0.405 e. The molecule has 1 atom stereocenters. The fraction of sp³-hybridized carbons (Fsp3) is 0.588. The fourth-order valence-corrected chi connectivity index (χ4v) is 3.05. The van der Waals surface area contributed by atoms with E-state index in [-0.39, 0.29) is 18.7 Å². The van der Waals surface area contributed by atoms with Crippen molar-refractivity contribution in [1.82, 2.24) is 10.4 Å². The molecule has 1 aromatic rings. The van der Waals surface area contributed by atoms with Crippen molar-refractivity contribution in [1.29, 1.82) is 0 Å². The SMILES string of the molecule is CC1(C)CC(=O)NN1C(CCCCc1ccccc1)C(F)(F)F. The van der Waals surface area contributed by atoms with Crippen LogP contribution in [0.4, 0.5) is 13.2 Å². The Morgan fingerprint density at radius 2 is 1.87 bits per heavy atom. The molecule has 0 aliphatic carbocycles. The van der Waals surface area contributed by atoms with Crippen molar-refractivity contribution in [3.63, 3.8) is 0 Å². The van der Waals surface area contributed by atoms with Gasteiger partial charge in [-0.15, -0.1) is 0 Å². The monoisotopic (exact) mass is 328 g/mol. The lowest BCUT2D eigenvalue weighted by atomic mass is 9.97. The maximum atomic E-state index is 13.4. The number of hydrazine groups is 1. The van der Waals surface area contributed by atoms with Crippen LogP contribution in [-0.4, -0.2) is 28.7 Å². The summed E-state index contributed by atoms with van der Waals surface area (Å²) in [6.07, 6.45) is -2.37. The van der Waals surface area contributed by atoms with Gasteiger partial charge in [0.25, 0.3) is 0 Å². The molecule has 128 valence electrons. The molecule has 1 unspecified atom stereocenters. The molecule has 1 heterocycles. The maximum absolute atomic E-state index is 13.4. The van der Waals surface area contributed by atoms with Crippen LogP contribution in [0.25, 0.3) is 0 Å². The van der Waals surface area contributed by atoms with Crippen LogP contribution in [0.5, 0.6) is 0 Å². The van der Waals surface area contributed by atoms with Crippen LogP contribution in [-0.2, 0) is 11.2 Å². The van der Waals surface area contributed by atoms with Gasteiger partial charge in [0.2, 0.25) is 5.91 Å². The van der Waals surface area contributed by atoms with Crippen molar-refractivity contribution in [2.45, 2.75) is 63.7 Å². The Morgan fingerprint density at radius 3 is 2.39 bits per heavy atom. The fourth-order valence-electron chi connectivity index (χ4n) is 3.05. The van der Waals surface area contributed by atoms with Crippen molar-refractivity contribution in [3.05, 3.63) is 35.9 Å². The van der Waals surface area contributed by atoms with Crippen LogP contribution in [0.2, 0.25) is 0 Å². The minimum absolute atomic E-state index is 0.0138. The molecule has 0 saturated carbocycles. The minimum atomic E-state index is -4.36. The molecular formula is C17H23F3N2O. The molecule has 0 aromatic heterocycles. The summed E-state index contributed by atoms with van der Waals surface area (Å²) in [7, 11) is 0. The highest BCUT2D eigenvalue weighted by Crippen LogP contribution is 2.35. The number of carbonyl (C=O) groups is 1. The van der Waals surface area contributed by atoms with E-state index in [4.69, 9.17) is 0 Å². The van der Waals surface area contributed by atoms with Gasteiger partial charge in [-0.1, -0.05) is 36.8 Å². The molecule has 6 heteroatoms. The summed E-state index contributed by atoms with van der Waals surface area (Å²) in [6.45, 7) is 3.32. The first-order chi connectivity index (χ1) is 10.7. The van der Waals surface area contributed by atoms with Crippen molar-refractivity contribution >= 4 is 5.91 Å². The average molecular weight is 328 g/mol. The molecule has 1 amide bonds. The Balaban J connectivity index is 1.93. The lowest BCUT2D eigenvalue weighted by Crippen LogP contribution is -2.56. The molecule has 1 aliphatic rings. The summed E-state index contributed by atoms with van der Waals surface area (Å²) in [5.41, 5.74) is 2.69. The zero-order valence-corrected chi connectivity index (χ0v) is 13.5. The van der Waals surface area contributed by atoms with E-state index >= 15 is 0 Å². The van der Waals surface area contributed by atoms with E-state index < -0.39 is 17.8 Å². The highest BCUT2D eigenvalue weighted by atomic mass is 19.4. The van der Waals surface area contributed by atoms with E-state index in [1.165, 1.54) is 0 Å². The lowest BCUT2D eigenvalue weighted by Gasteiger charge is -2.37. The number of benzene rings is 1. The number of nitrogens with zero attached hydrogens (tertiary/aromatic N) is 1. The Hall–Kier alpha value is -1.56. The number of hydrogen-bond donors (Lipinski definition) is 1. The first-order valence-corrected chi connectivity index (χ1v) is 7.89. The first-order valence-electron chi connectivity index (χ1n) is 7.89. The molecule has 1 saturated heterocycles. The van der Waals surface area contributed by atoms with Crippen molar-refractivity contribution in [3.8, 4) is 0 Å². The first kappa shape index (κ1) is 17.8. The quantitative estimate of drug-likeness (QED) is 0.805. The molecule has 23 heavy (non-hydrogen) atoms. The smallest absolute Gasteiger partial charge is 0.288 e. The zero-order chi connectivity index (χ0) is 17.1. The van der Waals surface area contributed by atoms with Gasteiger partial charge < -0.3 is 0 Å². The van der Waals surface area contributed by atoms with Crippen LogP contribution < -0.4 is 5.43 Å². The van der Waals surface area contributed by atoms with Gasteiger partial charge in [0.05, 0.1) is 0 Å². The number of rotatable bonds is 6. The van der Waals surface area contributed by atoms with E-state index in [0.29, 0.717) is 12.8 Å². The van der Waals surface area contributed by atoms with Gasteiger partial charge in [0, 0.05) is 12.0 Å². The minimum Gasteiger partial charge on any atom is -0.288 e. The predicted octanol–water partition coefficient (Wildman–Crippen LogP) is 3.85. The van der Waals surface area contributed by atoms with Crippen LogP contribution in [0.15, 0.2) is 30.3 Å². The van der Waals surface area contributed by atoms with Gasteiger partial charge in [-0.3, -0.25) is 10.2 Å².